The van der Waals surface area contributed by atoms with E-state index >= 15 is 0 Å². The molecule has 0 saturated carbocycles. The number of fused-ring (bicyclic) bond motifs is 2. The van der Waals surface area contributed by atoms with E-state index in [-0.39, 0.29) is 11.5 Å². The van der Waals surface area contributed by atoms with Crippen LogP contribution < -0.4 is 4.90 Å². The van der Waals surface area contributed by atoms with Gasteiger partial charge in [-0.15, -0.1) is 0 Å². The SMILES string of the molecule is CC(C)(C)OC(=O)N1CC2(CC=NCC2)c2ccccc21. The van der Waals surface area contributed by atoms with Crippen molar-refractivity contribution in [1.29, 1.82) is 0 Å². The number of anilines is 1. The Labute approximate surface area is 125 Å². The van der Waals surface area contributed by atoms with Gasteiger partial charge in [-0.2, -0.15) is 0 Å². The monoisotopic (exact) mass is 286 g/mol. The molecule has 1 amide bonds. The van der Waals surface area contributed by atoms with E-state index in [1.54, 1.807) is 4.90 Å². The van der Waals surface area contributed by atoms with Crippen LogP contribution in [0.15, 0.2) is 29.3 Å². The van der Waals surface area contributed by atoms with Gasteiger partial charge in [-0.05, 0) is 51.5 Å². The van der Waals surface area contributed by atoms with Crippen LogP contribution in [0.4, 0.5) is 10.5 Å². The number of rotatable bonds is 0. The second-order valence-corrected chi connectivity index (χ2v) is 6.91. The van der Waals surface area contributed by atoms with Crippen LogP contribution in [0.2, 0.25) is 0 Å². The molecule has 112 valence electrons. The standard InChI is InChI=1S/C17H22N2O2/c1-16(2,3)21-15(20)19-12-17(8-10-18-11-9-17)13-6-4-5-7-14(13)19/h4-7,10H,8-9,11-12H2,1-3H3. The van der Waals surface area contributed by atoms with E-state index in [4.69, 9.17) is 4.74 Å². The number of carbonyl (C=O) groups is 1. The number of carbonyl (C=O) groups excluding carboxylic acids is 1. The van der Waals surface area contributed by atoms with Crippen LogP contribution in [0.1, 0.15) is 39.2 Å². The molecule has 4 nitrogen and oxygen atoms in total. The Kier molecular flexibility index (Phi) is 3.27. The number of para-hydroxylation sites is 1. The molecule has 0 bridgehead atoms. The molecule has 1 atom stereocenters. The van der Waals surface area contributed by atoms with Crippen molar-refractivity contribution in [2.75, 3.05) is 18.0 Å². The quantitative estimate of drug-likeness (QED) is 0.732. The van der Waals surface area contributed by atoms with Crippen molar-refractivity contribution < 1.29 is 9.53 Å². The first kappa shape index (κ1) is 14.1. The highest BCUT2D eigenvalue weighted by Gasteiger charge is 2.45. The number of hydrogen-bond acceptors (Lipinski definition) is 3. The molecule has 0 saturated heterocycles. The molecule has 0 fully saturated rings. The predicted octanol–water partition coefficient (Wildman–Crippen LogP) is 3.54. The average molecular weight is 286 g/mol. The van der Waals surface area contributed by atoms with Gasteiger partial charge in [-0.3, -0.25) is 9.89 Å². The summed E-state index contributed by atoms with van der Waals surface area (Å²) in [5.41, 5.74) is 1.77. The largest absolute Gasteiger partial charge is 0.443 e. The third kappa shape index (κ3) is 2.55. The van der Waals surface area contributed by atoms with E-state index in [1.165, 1.54) is 5.56 Å². The molecule has 1 unspecified atom stereocenters. The number of ether oxygens (including phenoxy) is 1. The molecule has 2 heterocycles. The van der Waals surface area contributed by atoms with Crippen molar-refractivity contribution in [2.45, 2.75) is 44.6 Å². The van der Waals surface area contributed by atoms with Crippen molar-refractivity contribution >= 4 is 18.0 Å². The van der Waals surface area contributed by atoms with Crippen LogP contribution in [0.5, 0.6) is 0 Å². The summed E-state index contributed by atoms with van der Waals surface area (Å²) in [5.74, 6) is 0. The summed E-state index contributed by atoms with van der Waals surface area (Å²) in [7, 11) is 0. The first-order valence-electron chi connectivity index (χ1n) is 7.50. The van der Waals surface area contributed by atoms with Gasteiger partial charge in [0.05, 0.1) is 5.69 Å². The smallest absolute Gasteiger partial charge is 0.414 e. The maximum atomic E-state index is 12.5. The predicted molar refractivity (Wildman–Crippen MR) is 84.3 cm³/mol. The van der Waals surface area contributed by atoms with Gasteiger partial charge in [0.2, 0.25) is 0 Å². The van der Waals surface area contributed by atoms with Gasteiger partial charge < -0.3 is 4.74 Å². The molecule has 3 rings (SSSR count). The van der Waals surface area contributed by atoms with E-state index in [0.29, 0.717) is 6.54 Å². The number of amides is 1. The highest BCUT2D eigenvalue weighted by atomic mass is 16.6. The van der Waals surface area contributed by atoms with E-state index in [1.807, 2.05) is 45.2 Å². The van der Waals surface area contributed by atoms with Gasteiger partial charge in [0.1, 0.15) is 5.60 Å². The second-order valence-electron chi connectivity index (χ2n) is 6.91. The van der Waals surface area contributed by atoms with Crippen molar-refractivity contribution in [2.24, 2.45) is 4.99 Å². The van der Waals surface area contributed by atoms with E-state index < -0.39 is 5.60 Å². The van der Waals surface area contributed by atoms with Gasteiger partial charge in [0.15, 0.2) is 0 Å². The number of benzene rings is 1. The Morgan fingerprint density at radius 2 is 2.10 bits per heavy atom. The lowest BCUT2D eigenvalue weighted by Crippen LogP contribution is -2.41. The minimum atomic E-state index is -0.476. The Morgan fingerprint density at radius 1 is 1.33 bits per heavy atom. The average Bonchev–Trinajstić information content (AvgIpc) is 2.74. The summed E-state index contributed by atoms with van der Waals surface area (Å²) in [6.07, 6.45) is 3.62. The molecule has 21 heavy (non-hydrogen) atoms. The summed E-state index contributed by atoms with van der Waals surface area (Å²) >= 11 is 0. The van der Waals surface area contributed by atoms with Crippen LogP contribution in [0, 0.1) is 0 Å². The maximum absolute atomic E-state index is 12.5. The molecule has 0 aromatic heterocycles. The molecule has 0 N–H and O–H groups in total. The Balaban J connectivity index is 1.95. The highest BCUT2D eigenvalue weighted by molar-refractivity contribution is 5.92. The molecule has 0 aliphatic carbocycles. The lowest BCUT2D eigenvalue weighted by atomic mass is 9.76. The van der Waals surface area contributed by atoms with Crippen molar-refractivity contribution in [3.05, 3.63) is 29.8 Å². The number of nitrogens with zero attached hydrogens (tertiary/aromatic N) is 2. The van der Waals surface area contributed by atoms with Gasteiger partial charge in [-0.1, -0.05) is 18.2 Å². The van der Waals surface area contributed by atoms with Crippen molar-refractivity contribution in [1.82, 2.24) is 0 Å². The van der Waals surface area contributed by atoms with Crippen molar-refractivity contribution in [3.8, 4) is 0 Å². The molecule has 1 aromatic carbocycles. The summed E-state index contributed by atoms with van der Waals surface area (Å²) in [5, 5.41) is 0. The molecule has 1 aromatic rings. The van der Waals surface area contributed by atoms with Crippen LogP contribution in [0.25, 0.3) is 0 Å². The third-order valence-corrected chi connectivity index (χ3v) is 4.17. The van der Waals surface area contributed by atoms with Crippen LogP contribution >= 0.6 is 0 Å². The van der Waals surface area contributed by atoms with Crippen LogP contribution in [-0.4, -0.2) is 31.0 Å². The van der Waals surface area contributed by atoms with E-state index in [2.05, 4.69) is 11.1 Å². The molecular formula is C17H22N2O2. The highest BCUT2D eigenvalue weighted by Crippen LogP contribution is 2.46. The maximum Gasteiger partial charge on any atom is 0.414 e. The van der Waals surface area contributed by atoms with E-state index in [9.17, 15) is 4.79 Å². The Bertz CT molecular complexity index is 589. The fraction of sp³-hybridized carbons (Fsp3) is 0.529. The first-order valence-corrected chi connectivity index (χ1v) is 7.50. The normalized spacial score (nSPS) is 24.2. The summed E-state index contributed by atoms with van der Waals surface area (Å²) in [4.78, 5) is 18.6. The molecule has 2 aliphatic heterocycles. The number of hydrogen-bond donors (Lipinski definition) is 0. The fourth-order valence-electron chi connectivity index (χ4n) is 3.21. The lowest BCUT2D eigenvalue weighted by Gasteiger charge is -2.31. The van der Waals surface area contributed by atoms with Crippen molar-refractivity contribution in [3.63, 3.8) is 0 Å². The zero-order chi connectivity index (χ0) is 15.1. The molecule has 2 aliphatic rings. The second kappa shape index (κ2) is 4.86. The topological polar surface area (TPSA) is 41.9 Å². The minimum absolute atomic E-state index is 0.00917. The minimum Gasteiger partial charge on any atom is -0.443 e. The van der Waals surface area contributed by atoms with Gasteiger partial charge in [0, 0.05) is 18.5 Å². The summed E-state index contributed by atoms with van der Waals surface area (Å²) in [6.45, 7) is 7.21. The van der Waals surface area contributed by atoms with E-state index in [0.717, 1.165) is 25.1 Å². The zero-order valence-electron chi connectivity index (χ0n) is 12.9. The van der Waals surface area contributed by atoms with Gasteiger partial charge >= 0.3 is 6.09 Å². The summed E-state index contributed by atoms with van der Waals surface area (Å²) in [6, 6.07) is 8.18. The van der Waals surface area contributed by atoms with Gasteiger partial charge in [-0.25, -0.2) is 4.79 Å². The molecule has 1 spiro atoms. The van der Waals surface area contributed by atoms with Crippen LogP contribution in [0.3, 0.4) is 0 Å². The zero-order valence-corrected chi connectivity index (χ0v) is 12.9. The summed E-state index contributed by atoms with van der Waals surface area (Å²) < 4.78 is 5.57. The Hall–Kier alpha value is -1.84. The van der Waals surface area contributed by atoms with Crippen LogP contribution in [-0.2, 0) is 10.2 Å². The first-order chi connectivity index (χ1) is 9.91. The number of aliphatic imine (C=N–C) groups is 1. The molecule has 4 heteroatoms. The Morgan fingerprint density at radius 3 is 2.76 bits per heavy atom. The third-order valence-electron chi connectivity index (χ3n) is 4.17. The van der Waals surface area contributed by atoms with Gasteiger partial charge in [0.25, 0.3) is 0 Å². The lowest BCUT2D eigenvalue weighted by molar-refractivity contribution is 0.0577. The molecule has 0 radical (unpaired) electrons. The fourth-order valence-corrected chi connectivity index (χ4v) is 3.21. The molecular weight excluding hydrogens is 264 g/mol.